The third-order valence-electron chi connectivity index (χ3n) is 4.74. The molecule has 0 radical (unpaired) electrons. The summed E-state index contributed by atoms with van der Waals surface area (Å²) < 4.78 is 1.06. The highest BCUT2D eigenvalue weighted by molar-refractivity contribution is 9.10. The lowest BCUT2D eigenvalue weighted by molar-refractivity contribution is 0.228. The molecular formula is C18H22BrN5. The summed E-state index contributed by atoms with van der Waals surface area (Å²) in [5.74, 6) is 0.923. The predicted molar refractivity (Wildman–Crippen MR) is 102 cm³/mol. The van der Waals surface area contributed by atoms with Crippen LogP contribution in [0.2, 0.25) is 0 Å². The van der Waals surface area contributed by atoms with E-state index in [0.29, 0.717) is 0 Å². The van der Waals surface area contributed by atoms with E-state index in [-0.39, 0.29) is 0 Å². The highest BCUT2D eigenvalue weighted by atomic mass is 79.9. The lowest BCUT2D eigenvalue weighted by Crippen LogP contribution is -2.31. The molecule has 3 aromatic rings. The number of nitrogens with zero attached hydrogens (tertiary/aromatic N) is 3. The Morgan fingerprint density at radius 1 is 1.17 bits per heavy atom. The van der Waals surface area contributed by atoms with Crippen LogP contribution in [-0.2, 0) is 0 Å². The van der Waals surface area contributed by atoms with Gasteiger partial charge in [-0.05, 0) is 51.0 Å². The second kappa shape index (κ2) is 7.07. The monoisotopic (exact) mass is 387 g/mol. The van der Waals surface area contributed by atoms with E-state index in [1.165, 1.54) is 38.9 Å². The van der Waals surface area contributed by atoms with Crippen molar-refractivity contribution in [1.82, 2.24) is 19.9 Å². The first-order valence-corrected chi connectivity index (χ1v) is 9.49. The van der Waals surface area contributed by atoms with E-state index in [9.17, 15) is 0 Å². The van der Waals surface area contributed by atoms with Crippen LogP contribution in [0.1, 0.15) is 25.7 Å². The number of H-pyrrole nitrogens is 1. The van der Waals surface area contributed by atoms with Gasteiger partial charge in [-0.25, -0.2) is 9.97 Å². The first-order chi connectivity index (χ1) is 11.8. The maximum atomic E-state index is 4.47. The number of aromatic nitrogens is 3. The van der Waals surface area contributed by atoms with Crippen molar-refractivity contribution in [2.24, 2.45) is 0 Å². The van der Waals surface area contributed by atoms with Crippen molar-refractivity contribution in [3.8, 4) is 0 Å². The molecule has 0 amide bonds. The zero-order valence-corrected chi connectivity index (χ0v) is 15.3. The fraction of sp³-hybridized carbons (Fsp3) is 0.444. The number of halogens is 1. The number of fused-ring (bicyclic) bond motifs is 3. The normalized spacial score (nSPS) is 16.0. The quantitative estimate of drug-likeness (QED) is 0.645. The zero-order valence-electron chi connectivity index (χ0n) is 13.7. The Balaban J connectivity index is 1.48. The van der Waals surface area contributed by atoms with Crippen LogP contribution in [0.15, 0.2) is 29.0 Å². The van der Waals surface area contributed by atoms with E-state index in [4.69, 9.17) is 0 Å². The van der Waals surface area contributed by atoms with Gasteiger partial charge in [-0.3, -0.25) is 0 Å². The van der Waals surface area contributed by atoms with Gasteiger partial charge in [0.05, 0.1) is 5.39 Å². The molecule has 6 heteroatoms. The van der Waals surface area contributed by atoms with Gasteiger partial charge in [-0.2, -0.15) is 0 Å². The number of hydrogen-bond donors (Lipinski definition) is 2. The maximum Gasteiger partial charge on any atom is 0.143 e. The molecule has 4 rings (SSSR count). The average molecular weight is 388 g/mol. The average Bonchev–Trinajstić information content (AvgIpc) is 2.97. The molecule has 0 unspecified atom stereocenters. The van der Waals surface area contributed by atoms with Crippen molar-refractivity contribution >= 4 is 43.7 Å². The van der Waals surface area contributed by atoms with Crippen LogP contribution in [0.5, 0.6) is 0 Å². The van der Waals surface area contributed by atoms with E-state index >= 15 is 0 Å². The van der Waals surface area contributed by atoms with Crippen molar-refractivity contribution in [1.29, 1.82) is 0 Å². The minimum atomic E-state index is 0.886. The summed E-state index contributed by atoms with van der Waals surface area (Å²) in [6.07, 6.45) is 6.86. The molecule has 126 valence electrons. The summed E-state index contributed by atoms with van der Waals surface area (Å²) in [5, 5.41) is 5.75. The molecule has 2 aromatic heterocycles. The van der Waals surface area contributed by atoms with Gasteiger partial charge in [0.25, 0.3) is 0 Å². The van der Waals surface area contributed by atoms with Gasteiger partial charge in [0.2, 0.25) is 0 Å². The molecular weight excluding hydrogens is 366 g/mol. The topological polar surface area (TPSA) is 56.8 Å². The Labute approximate surface area is 150 Å². The lowest BCUT2D eigenvalue weighted by Gasteiger charge is -2.26. The van der Waals surface area contributed by atoms with Gasteiger partial charge in [-0.1, -0.05) is 28.4 Å². The maximum absolute atomic E-state index is 4.47. The SMILES string of the molecule is Brc1ccc2c(c1)[nH]c1ncnc(NCCCN3CCCCC3)c12. The summed E-state index contributed by atoms with van der Waals surface area (Å²) in [6, 6.07) is 6.25. The van der Waals surface area contributed by atoms with Gasteiger partial charge < -0.3 is 15.2 Å². The minimum Gasteiger partial charge on any atom is -0.369 e. The first-order valence-electron chi connectivity index (χ1n) is 8.69. The Morgan fingerprint density at radius 2 is 2.04 bits per heavy atom. The van der Waals surface area contributed by atoms with Gasteiger partial charge in [0.15, 0.2) is 0 Å². The van der Waals surface area contributed by atoms with Crippen molar-refractivity contribution in [3.05, 3.63) is 29.0 Å². The molecule has 3 heterocycles. The predicted octanol–water partition coefficient (Wildman–Crippen LogP) is 4.16. The summed E-state index contributed by atoms with van der Waals surface area (Å²) in [7, 11) is 0. The Hall–Kier alpha value is -1.66. The van der Waals surface area contributed by atoms with E-state index in [1.807, 2.05) is 0 Å². The zero-order chi connectivity index (χ0) is 16.4. The third kappa shape index (κ3) is 3.26. The van der Waals surface area contributed by atoms with Crippen molar-refractivity contribution < 1.29 is 0 Å². The van der Waals surface area contributed by atoms with Crippen LogP contribution in [0.3, 0.4) is 0 Å². The fourth-order valence-electron chi connectivity index (χ4n) is 3.53. The Bertz CT molecular complexity index is 838. The second-order valence-electron chi connectivity index (χ2n) is 6.44. The molecule has 2 N–H and O–H groups in total. The second-order valence-corrected chi connectivity index (χ2v) is 7.36. The number of aromatic amines is 1. The largest absolute Gasteiger partial charge is 0.369 e. The molecule has 0 aliphatic carbocycles. The molecule has 1 fully saturated rings. The molecule has 1 aromatic carbocycles. The number of benzene rings is 1. The van der Waals surface area contributed by atoms with E-state index in [1.54, 1.807) is 6.33 Å². The number of piperidine rings is 1. The van der Waals surface area contributed by atoms with Crippen molar-refractivity contribution in [2.75, 3.05) is 31.5 Å². The molecule has 0 atom stereocenters. The minimum absolute atomic E-state index is 0.886. The van der Waals surface area contributed by atoms with Crippen molar-refractivity contribution in [3.63, 3.8) is 0 Å². The van der Waals surface area contributed by atoms with Crippen LogP contribution < -0.4 is 5.32 Å². The molecule has 5 nitrogen and oxygen atoms in total. The lowest BCUT2D eigenvalue weighted by atomic mass is 10.1. The molecule has 0 spiro atoms. The third-order valence-corrected chi connectivity index (χ3v) is 5.24. The van der Waals surface area contributed by atoms with E-state index in [0.717, 1.165) is 45.2 Å². The first kappa shape index (κ1) is 15.8. The molecule has 0 bridgehead atoms. The number of anilines is 1. The number of likely N-dealkylation sites (tertiary alicyclic amines) is 1. The van der Waals surface area contributed by atoms with E-state index < -0.39 is 0 Å². The van der Waals surface area contributed by atoms with Gasteiger partial charge in [0.1, 0.15) is 17.8 Å². The number of rotatable bonds is 5. The Morgan fingerprint density at radius 3 is 2.92 bits per heavy atom. The molecule has 24 heavy (non-hydrogen) atoms. The van der Waals surface area contributed by atoms with Crippen LogP contribution in [0.25, 0.3) is 21.9 Å². The van der Waals surface area contributed by atoms with Gasteiger partial charge in [0, 0.05) is 21.9 Å². The molecule has 0 saturated carbocycles. The van der Waals surface area contributed by atoms with Crippen molar-refractivity contribution in [2.45, 2.75) is 25.7 Å². The van der Waals surface area contributed by atoms with E-state index in [2.05, 4.69) is 59.3 Å². The fourth-order valence-corrected chi connectivity index (χ4v) is 3.89. The van der Waals surface area contributed by atoms with Crippen LogP contribution >= 0.6 is 15.9 Å². The summed E-state index contributed by atoms with van der Waals surface area (Å²) >= 11 is 3.52. The van der Waals surface area contributed by atoms with Crippen LogP contribution in [-0.4, -0.2) is 46.0 Å². The van der Waals surface area contributed by atoms with Crippen LogP contribution in [0.4, 0.5) is 5.82 Å². The Kier molecular flexibility index (Phi) is 4.67. The summed E-state index contributed by atoms with van der Waals surface area (Å²) in [6.45, 7) is 4.62. The highest BCUT2D eigenvalue weighted by Crippen LogP contribution is 2.30. The van der Waals surface area contributed by atoms with Gasteiger partial charge in [-0.15, -0.1) is 0 Å². The molecule has 1 aliphatic rings. The smallest absolute Gasteiger partial charge is 0.143 e. The summed E-state index contributed by atoms with van der Waals surface area (Å²) in [5.41, 5.74) is 1.97. The number of hydrogen-bond acceptors (Lipinski definition) is 4. The highest BCUT2D eigenvalue weighted by Gasteiger charge is 2.12. The standard InChI is InChI=1S/C18H22BrN5/c19-13-5-6-14-15(11-13)23-18-16(14)17(21-12-22-18)20-7-4-10-24-8-2-1-3-9-24/h5-6,11-12H,1-4,7-10H2,(H2,20,21,22,23). The van der Waals surface area contributed by atoms with Crippen LogP contribution in [0, 0.1) is 0 Å². The molecule has 1 saturated heterocycles. The number of nitrogens with one attached hydrogen (secondary N) is 2. The molecule has 1 aliphatic heterocycles. The van der Waals surface area contributed by atoms with Gasteiger partial charge >= 0.3 is 0 Å². The summed E-state index contributed by atoms with van der Waals surface area (Å²) in [4.78, 5) is 14.8.